The largest absolute Gasteiger partial charge is 0.405 e. The summed E-state index contributed by atoms with van der Waals surface area (Å²) in [5.41, 5.74) is 0. The first-order valence-corrected chi connectivity index (χ1v) is 3.61. The van der Waals surface area contributed by atoms with E-state index >= 15 is 0 Å². The third kappa shape index (κ3) is 3.25. The van der Waals surface area contributed by atoms with Crippen LogP contribution in [0.1, 0.15) is 0 Å². The molecule has 0 nitrogen and oxygen atoms in total. The van der Waals surface area contributed by atoms with Crippen LogP contribution in [-0.4, -0.2) is 11.0 Å². The lowest BCUT2D eigenvalue weighted by molar-refractivity contribution is -0.119. The van der Waals surface area contributed by atoms with E-state index in [-0.39, 0.29) is 4.48 Å². The quantitative estimate of drug-likeness (QED) is 0.640. The van der Waals surface area contributed by atoms with Gasteiger partial charge in [0.05, 0.1) is 0 Å². The number of rotatable bonds is 1. The number of hydrogen-bond acceptors (Lipinski definition) is 0. The van der Waals surface area contributed by atoms with Gasteiger partial charge in [0, 0.05) is 4.48 Å². The van der Waals surface area contributed by atoms with Gasteiger partial charge in [0.25, 0.3) is 0 Å². The minimum Gasteiger partial charge on any atom is -0.169 e. The first-order valence-electron chi connectivity index (χ1n) is 1.91. The lowest BCUT2D eigenvalue weighted by atomic mass is 10.4. The van der Waals surface area contributed by atoms with E-state index in [4.69, 9.17) is 0 Å². The number of halogens is 5. The Hall–Kier alpha value is 0.490. The van der Waals surface area contributed by atoms with Crippen LogP contribution >= 0.6 is 31.9 Å². The first-order chi connectivity index (χ1) is 3.85. The van der Waals surface area contributed by atoms with Gasteiger partial charge >= 0.3 is 6.18 Å². The molecule has 0 spiro atoms. The molecule has 0 aliphatic carbocycles. The Morgan fingerprint density at radius 3 is 1.78 bits per heavy atom. The first kappa shape index (κ1) is 9.49. The van der Waals surface area contributed by atoms with Gasteiger partial charge in [-0.3, -0.25) is 0 Å². The normalized spacial score (nSPS) is 15.2. The third-order valence-corrected chi connectivity index (χ3v) is 2.71. The van der Waals surface area contributed by atoms with Crippen LogP contribution in [0.4, 0.5) is 13.2 Å². The molecule has 1 unspecified atom stereocenters. The SMILES string of the molecule is C=C(Br)C(Br)C(F)(F)F. The molecule has 0 aromatic carbocycles. The van der Waals surface area contributed by atoms with Gasteiger partial charge in [0.2, 0.25) is 0 Å². The second kappa shape index (κ2) is 3.05. The molecule has 0 heterocycles. The van der Waals surface area contributed by atoms with Gasteiger partial charge in [0.15, 0.2) is 0 Å². The van der Waals surface area contributed by atoms with Gasteiger partial charge in [-0.25, -0.2) is 0 Å². The summed E-state index contributed by atoms with van der Waals surface area (Å²) in [6, 6.07) is 0. The predicted molar refractivity (Wildman–Crippen MR) is 36.8 cm³/mol. The van der Waals surface area contributed by atoms with Crippen LogP contribution in [0.25, 0.3) is 0 Å². The molecular weight excluding hydrogens is 265 g/mol. The summed E-state index contributed by atoms with van der Waals surface area (Å²) in [6.45, 7) is 3.07. The summed E-state index contributed by atoms with van der Waals surface area (Å²) in [5, 5.41) is 0. The molecule has 1 atom stereocenters. The Bertz CT molecular complexity index is 117. The molecule has 0 saturated heterocycles. The van der Waals surface area contributed by atoms with Crippen LogP contribution in [0.15, 0.2) is 11.1 Å². The van der Waals surface area contributed by atoms with Crippen molar-refractivity contribution in [3.63, 3.8) is 0 Å². The fourth-order valence-electron chi connectivity index (χ4n) is 0.178. The van der Waals surface area contributed by atoms with Crippen LogP contribution in [0.2, 0.25) is 0 Å². The summed E-state index contributed by atoms with van der Waals surface area (Å²) in [7, 11) is 0. The van der Waals surface area contributed by atoms with Gasteiger partial charge in [-0.15, -0.1) is 0 Å². The van der Waals surface area contributed by atoms with Crippen molar-refractivity contribution < 1.29 is 13.2 Å². The smallest absolute Gasteiger partial charge is 0.169 e. The molecule has 54 valence electrons. The molecule has 0 rings (SSSR count). The Kier molecular flexibility index (Phi) is 3.22. The van der Waals surface area contributed by atoms with E-state index in [1.54, 1.807) is 0 Å². The molecule has 0 aromatic rings. The average molecular weight is 268 g/mol. The van der Waals surface area contributed by atoms with E-state index in [9.17, 15) is 13.2 Å². The van der Waals surface area contributed by atoms with E-state index < -0.39 is 11.0 Å². The second-order valence-corrected chi connectivity index (χ2v) is 3.29. The highest BCUT2D eigenvalue weighted by Crippen LogP contribution is 2.33. The zero-order chi connectivity index (χ0) is 7.65. The van der Waals surface area contributed by atoms with Crippen LogP contribution in [0.5, 0.6) is 0 Å². The van der Waals surface area contributed by atoms with Gasteiger partial charge in [-0.05, 0) is 0 Å². The van der Waals surface area contributed by atoms with Gasteiger partial charge in [0.1, 0.15) is 4.83 Å². The Morgan fingerprint density at radius 2 is 1.78 bits per heavy atom. The highest BCUT2D eigenvalue weighted by molar-refractivity contribution is 9.14. The topological polar surface area (TPSA) is 0 Å². The number of hydrogen-bond donors (Lipinski definition) is 0. The summed E-state index contributed by atoms with van der Waals surface area (Å²) >= 11 is 5.01. The monoisotopic (exact) mass is 266 g/mol. The van der Waals surface area contributed by atoms with E-state index in [2.05, 4.69) is 38.4 Å². The molecule has 0 fully saturated rings. The van der Waals surface area contributed by atoms with Gasteiger partial charge < -0.3 is 0 Å². The molecule has 9 heavy (non-hydrogen) atoms. The Labute approximate surface area is 67.4 Å². The van der Waals surface area contributed by atoms with Crippen molar-refractivity contribution in [1.29, 1.82) is 0 Å². The molecule has 0 aliphatic rings. The standard InChI is InChI=1S/C4H3Br2F3/c1-2(5)3(6)4(7,8)9/h3H,1H2. The van der Waals surface area contributed by atoms with E-state index in [1.165, 1.54) is 0 Å². The van der Waals surface area contributed by atoms with Crippen molar-refractivity contribution in [3.05, 3.63) is 11.1 Å². The van der Waals surface area contributed by atoms with E-state index in [0.29, 0.717) is 0 Å². The lowest BCUT2D eigenvalue weighted by Gasteiger charge is -2.11. The maximum atomic E-state index is 11.6. The summed E-state index contributed by atoms with van der Waals surface area (Å²) < 4.78 is 34.6. The molecule has 0 bridgehead atoms. The average Bonchev–Trinajstić information content (AvgIpc) is 1.62. The maximum absolute atomic E-state index is 11.6. The molecule has 0 amide bonds. The molecule has 0 aromatic heterocycles. The van der Waals surface area contributed by atoms with Crippen LogP contribution < -0.4 is 0 Å². The Morgan fingerprint density at radius 1 is 1.44 bits per heavy atom. The second-order valence-electron chi connectivity index (χ2n) is 1.35. The molecule has 0 saturated carbocycles. The highest BCUT2D eigenvalue weighted by atomic mass is 79.9. The highest BCUT2D eigenvalue weighted by Gasteiger charge is 2.38. The van der Waals surface area contributed by atoms with Crippen molar-refractivity contribution in [2.24, 2.45) is 0 Å². The van der Waals surface area contributed by atoms with Gasteiger partial charge in [-0.1, -0.05) is 38.4 Å². The third-order valence-electron chi connectivity index (χ3n) is 0.562. The number of allylic oxidation sites excluding steroid dienone is 1. The van der Waals surface area contributed by atoms with Crippen molar-refractivity contribution in [2.75, 3.05) is 0 Å². The zero-order valence-corrected chi connectivity index (χ0v) is 7.35. The molecule has 0 radical (unpaired) electrons. The molecule has 5 heteroatoms. The van der Waals surface area contributed by atoms with Crippen molar-refractivity contribution in [1.82, 2.24) is 0 Å². The minimum atomic E-state index is -4.25. The zero-order valence-electron chi connectivity index (χ0n) is 4.17. The maximum Gasteiger partial charge on any atom is 0.405 e. The van der Waals surface area contributed by atoms with E-state index in [1.807, 2.05) is 0 Å². The van der Waals surface area contributed by atoms with Crippen molar-refractivity contribution in [2.45, 2.75) is 11.0 Å². The van der Waals surface area contributed by atoms with Crippen LogP contribution in [0.3, 0.4) is 0 Å². The molecular formula is C4H3Br2F3. The predicted octanol–water partition coefficient (Wildman–Crippen LogP) is 3.22. The fourth-order valence-corrected chi connectivity index (χ4v) is 0.437. The Balaban J connectivity index is 4.04. The molecule has 0 N–H and O–H groups in total. The fraction of sp³-hybridized carbons (Fsp3) is 0.500. The van der Waals surface area contributed by atoms with E-state index in [0.717, 1.165) is 0 Å². The minimum absolute atomic E-state index is 0.116. The summed E-state index contributed by atoms with van der Waals surface area (Å²) in [4.78, 5) is -1.65. The number of alkyl halides is 4. The lowest BCUT2D eigenvalue weighted by Crippen LogP contribution is -2.22. The van der Waals surface area contributed by atoms with Crippen LogP contribution in [-0.2, 0) is 0 Å². The van der Waals surface area contributed by atoms with Crippen molar-refractivity contribution >= 4 is 31.9 Å². The summed E-state index contributed by atoms with van der Waals surface area (Å²) in [6.07, 6.45) is -4.25. The van der Waals surface area contributed by atoms with Crippen LogP contribution in [0, 0.1) is 0 Å². The summed E-state index contributed by atoms with van der Waals surface area (Å²) in [5.74, 6) is 0. The van der Waals surface area contributed by atoms with Gasteiger partial charge in [-0.2, -0.15) is 13.2 Å². The van der Waals surface area contributed by atoms with Crippen molar-refractivity contribution in [3.8, 4) is 0 Å². The molecule has 0 aliphatic heterocycles.